The van der Waals surface area contributed by atoms with Gasteiger partial charge < -0.3 is 10.6 Å². The molecule has 20 heavy (non-hydrogen) atoms. The first-order valence-corrected chi connectivity index (χ1v) is 6.85. The zero-order valence-corrected chi connectivity index (χ0v) is 12.3. The fraction of sp³-hybridized carbons (Fsp3) is 0.375. The largest absolute Gasteiger partial charge is 0.352 e. The van der Waals surface area contributed by atoms with Crippen LogP contribution in [-0.4, -0.2) is 24.4 Å². The van der Waals surface area contributed by atoms with E-state index in [0.717, 1.165) is 12.0 Å². The normalized spacial score (nSPS) is 10.8. The Kier molecular flexibility index (Phi) is 6.50. The monoisotopic (exact) mass is 274 g/mol. The Labute approximate surface area is 120 Å². The molecule has 0 aliphatic heterocycles. The van der Waals surface area contributed by atoms with Crippen LogP contribution in [0.1, 0.15) is 31.9 Å². The van der Waals surface area contributed by atoms with Crippen molar-refractivity contribution in [1.29, 1.82) is 0 Å². The summed E-state index contributed by atoms with van der Waals surface area (Å²) in [5, 5.41) is 5.25. The highest BCUT2D eigenvalue weighted by Crippen LogP contribution is 2.06. The van der Waals surface area contributed by atoms with Crippen LogP contribution < -0.4 is 10.6 Å². The lowest BCUT2D eigenvalue weighted by atomic mass is 10.1. The number of aryl methyl sites for hydroxylation is 1. The van der Waals surface area contributed by atoms with Crippen LogP contribution in [0.15, 0.2) is 30.3 Å². The minimum Gasteiger partial charge on any atom is -0.352 e. The molecule has 4 nitrogen and oxygen atoms in total. The zero-order chi connectivity index (χ0) is 15.0. The van der Waals surface area contributed by atoms with Gasteiger partial charge in [0, 0.05) is 12.1 Å². The molecule has 0 unspecified atom stereocenters. The smallest absolute Gasteiger partial charge is 0.244 e. The fourth-order valence-electron chi connectivity index (χ4n) is 1.64. The van der Waals surface area contributed by atoms with Crippen molar-refractivity contribution in [3.05, 3.63) is 41.5 Å². The highest BCUT2D eigenvalue weighted by molar-refractivity contribution is 5.94. The van der Waals surface area contributed by atoms with Crippen LogP contribution >= 0.6 is 0 Å². The van der Waals surface area contributed by atoms with E-state index in [-0.39, 0.29) is 24.4 Å². The number of nitrogens with one attached hydrogen (secondary N) is 2. The average Bonchev–Trinajstić information content (AvgIpc) is 2.42. The van der Waals surface area contributed by atoms with Crippen LogP contribution in [-0.2, 0) is 16.0 Å². The van der Waals surface area contributed by atoms with Crippen LogP contribution in [0, 0.1) is 0 Å². The van der Waals surface area contributed by atoms with Crippen molar-refractivity contribution < 1.29 is 9.59 Å². The van der Waals surface area contributed by atoms with Gasteiger partial charge in [-0.2, -0.15) is 0 Å². The molecule has 0 radical (unpaired) electrons. The summed E-state index contributed by atoms with van der Waals surface area (Å²) in [6, 6.07) is 8.08. The predicted octanol–water partition coefficient (Wildman–Crippen LogP) is 1.90. The summed E-state index contributed by atoms with van der Waals surface area (Å²) in [6.45, 7) is 5.84. The molecule has 0 fully saturated rings. The van der Waals surface area contributed by atoms with E-state index in [9.17, 15) is 9.59 Å². The summed E-state index contributed by atoms with van der Waals surface area (Å²) >= 11 is 0. The molecule has 1 rings (SSSR count). The Morgan fingerprint density at radius 3 is 2.40 bits per heavy atom. The third-order valence-corrected chi connectivity index (χ3v) is 2.69. The van der Waals surface area contributed by atoms with Crippen LogP contribution in [0.3, 0.4) is 0 Å². The SMILES string of the molecule is CCc1ccc(/C=C/C(=O)NCC(=O)NC(C)C)cc1. The van der Waals surface area contributed by atoms with Gasteiger partial charge in [0.05, 0.1) is 6.54 Å². The molecule has 0 aromatic heterocycles. The molecule has 0 saturated heterocycles. The topological polar surface area (TPSA) is 58.2 Å². The maximum Gasteiger partial charge on any atom is 0.244 e. The van der Waals surface area contributed by atoms with Crippen LogP contribution in [0.5, 0.6) is 0 Å². The number of hydrogen-bond donors (Lipinski definition) is 2. The number of amides is 2. The van der Waals surface area contributed by atoms with Crippen LogP contribution in [0.2, 0.25) is 0 Å². The Morgan fingerprint density at radius 2 is 1.85 bits per heavy atom. The first-order chi connectivity index (χ1) is 9.51. The number of hydrogen-bond acceptors (Lipinski definition) is 2. The molecular formula is C16H22N2O2. The van der Waals surface area contributed by atoms with Crippen molar-refractivity contribution in [1.82, 2.24) is 10.6 Å². The second-order valence-corrected chi connectivity index (χ2v) is 4.87. The highest BCUT2D eigenvalue weighted by Gasteiger charge is 2.03. The van der Waals surface area contributed by atoms with Crippen molar-refractivity contribution in [2.24, 2.45) is 0 Å². The number of carbonyl (C=O) groups is 2. The first kappa shape index (κ1) is 16.0. The van der Waals surface area contributed by atoms with Gasteiger partial charge in [-0.1, -0.05) is 31.2 Å². The molecule has 0 aliphatic rings. The summed E-state index contributed by atoms with van der Waals surface area (Å²) in [5.74, 6) is -0.461. The molecule has 0 bridgehead atoms. The number of carbonyl (C=O) groups excluding carboxylic acids is 2. The Bertz CT molecular complexity index is 476. The van der Waals surface area contributed by atoms with Crippen LogP contribution in [0.25, 0.3) is 6.08 Å². The molecule has 1 aromatic rings. The molecule has 0 saturated carbocycles. The minimum atomic E-state index is -0.275. The molecule has 1 aromatic carbocycles. The lowest BCUT2D eigenvalue weighted by molar-refractivity contribution is -0.124. The van der Waals surface area contributed by atoms with E-state index in [1.165, 1.54) is 11.6 Å². The summed E-state index contributed by atoms with van der Waals surface area (Å²) < 4.78 is 0. The number of rotatable bonds is 6. The lowest BCUT2D eigenvalue weighted by Crippen LogP contribution is -2.39. The third-order valence-electron chi connectivity index (χ3n) is 2.69. The van der Waals surface area contributed by atoms with E-state index in [2.05, 4.69) is 17.6 Å². The Balaban J connectivity index is 2.41. The molecule has 2 amide bonds. The maximum atomic E-state index is 11.6. The van der Waals surface area contributed by atoms with Crippen molar-refractivity contribution in [2.75, 3.05) is 6.54 Å². The average molecular weight is 274 g/mol. The van der Waals surface area contributed by atoms with Gasteiger partial charge in [0.15, 0.2) is 0 Å². The minimum absolute atomic E-state index is 0.00384. The number of benzene rings is 1. The van der Waals surface area contributed by atoms with Crippen LogP contribution in [0.4, 0.5) is 0 Å². The summed E-state index contributed by atoms with van der Waals surface area (Å²) in [5.41, 5.74) is 2.22. The van der Waals surface area contributed by atoms with Crippen molar-refractivity contribution >= 4 is 17.9 Å². The second-order valence-electron chi connectivity index (χ2n) is 4.87. The standard InChI is InChI=1S/C16H22N2O2/c1-4-13-5-7-14(8-6-13)9-10-15(19)17-11-16(20)18-12(2)3/h5-10,12H,4,11H2,1-3H3,(H,17,19)(H,18,20)/b10-9+. The molecule has 2 N–H and O–H groups in total. The Hall–Kier alpha value is -2.10. The van der Waals surface area contributed by atoms with E-state index in [4.69, 9.17) is 0 Å². The molecule has 0 aliphatic carbocycles. The van der Waals surface area contributed by atoms with E-state index in [1.807, 2.05) is 38.1 Å². The molecule has 108 valence electrons. The first-order valence-electron chi connectivity index (χ1n) is 6.85. The molecule has 0 atom stereocenters. The van der Waals surface area contributed by atoms with Gasteiger partial charge in [-0.15, -0.1) is 0 Å². The molecule has 0 heterocycles. The van der Waals surface area contributed by atoms with Gasteiger partial charge in [-0.25, -0.2) is 0 Å². The van der Waals surface area contributed by atoms with E-state index in [1.54, 1.807) is 6.08 Å². The lowest BCUT2D eigenvalue weighted by Gasteiger charge is -2.08. The van der Waals surface area contributed by atoms with E-state index in [0.29, 0.717) is 0 Å². The van der Waals surface area contributed by atoms with Gasteiger partial charge >= 0.3 is 0 Å². The van der Waals surface area contributed by atoms with Crippen molar-refractivity contribution in [3.8, 4) is 0 Å². The summed E-state index contributed by atoms with van der Waals surface area (Å²) in [7, 11) is 0. The Morgan fingerprint density at radius 1 is 1.20 bits per heavy atom. The van der Waals surface area contributed by atoms with Gasteiger partial charge in [0.1, 0.15) is 0 Å². The quantitative estimate of drug-likeness (QED) is 0.778. The molecule has 0 spiro atoms. The fourth-order valence-corrected chi connectivity index (χ4v) is 1.64. The van der Waals surface area contributed by atoms with Gasteiger partial charge in [0.2, 0.25) is 11.8 Å². The van der Waals surface area contributed by atoms with E-state index < -0.39 is 0 Å². The second kappa shape index (κ2) is 8.15. The maximum absolute atomic E-state index is 11.6. The highest BCUT2D eigenvalue weighted by atomic mass is 16.2. The molecular weight excluding hydrogens is 252 g/mol. The predicted molar refractivity (Wildman–Crippen MR) is 81.1 cm³/mol. The zero-order valence-electron chi connectivity index (χ0n) is 12.3. The van der Waals surface area contributed by atoms with Crippen molar-refractivity contribution in [2.45, 2.75) is 33.2 Å². The van der Waals surface area contributed by atoms with Crippen molar-refractivity contribution in [3.63, 3.8) is 0 Å². The van der Waals surface area contributed by atoms with E-state index >= 15 is 0 Å². The third kappa shape index (κ3) is 6.18. The summed E-state index contributed by atoms with van der Waals surface area (Å²) in [4.78, 5) is 22.9. The van der Waals surface area contributed by atoms with Gasteiger partial charge in [0.25, 0.3) is 0 Å². The van der Waals surface area contributed by atoms with Gasteiger partial charge in [-0.3, -0.25) is 9.59 Å². The van der Waals surface area contributed by atoms with Gasteiger partial charge in [-0.05, 0) is 37.5 Å². The summed E-state index contributed by atoms with van der Waals surface area (Å²) in [6.07, 6.45) is 4.16. The molecule has 4 heteroatoms.